The average Bonchev–Trinajstić information content (AvgIpc) is 2.39. The topological polar surface area (TPSA) is 29.5 Å². The van der Waals surface area contributed by atoms with Gasteiger partial charge in [0.1, 0.15) is 5.75 Å². The summed E-state index contributed by atoms with van der Waals surface area (Å²) >= 11 is 0. The van der Waals surface area contributed by atoms with Gasteiger partial charge < -0.3 is 9.84 Å². The lowest BCUT2D eigenvalue weighted by Crippen LogP contribution is -1.89. The van der Waals surface area contributed by atoms with Gasteiger partial charge in [-0.05, 0) is 11.5 Å². The first-order valence-electron chi connectivity index (χ1n) is 5.52. The van der Waals surface area contributed by atoms with Crippen molar-refractivity contribution in [2.75, 3.05) is 13.7 Å². The van der Waals surface area contributed by atoms with Crippen molar-refractivity contribution in [1.29, 1.82) is 0 Å². The highest BCUT2D eigenvalue weighted by molar-refractivity contribution is 5.90. The third kappa shape index (κ3) is 2.41. The molecule has 0 saturated heterocycles. The van der Waals surface area contributed by atoms with Crippen molar-refractivity contribution in [3.05, 3.63) is 42.0 Å². The zero-order valence-electron chi connectivity index (χ0n) is 9.73. The maximum absolute atomic E-state index is 8.75. The normalized spacial score (nSPS) is 9.76. The summed E-state index contributed by atoms with van der Waals surface area (Å²) in [6.07, 6.45) is 0.479. The molecule has 0 aliphatic rings. The van der Waals surface area contributed by atoms with Gasteiger partial charge in [-0.15, -0.1) is 0 Å². The molecular weight excluding hydrogens is 212 g/mol. The third-order valence-corrected chi connectivity index (χ3v) is 2.56. The fourth-order valence-electron chi connectivity index (χ4n) is 1.76. The van der Waals surface area contributed by atoms with Crippen molar-refractivity contribution in [3.8, 4) is 17.6 Å². The second-order valence-electron chi connectivity index (χ2n) is 3.64. The van der Waals surface area contributed by atoms with Gasteiger partial charge in [-0.25, -0.2) is 0 Å². The summed E-state index contributed by atoms with van der Waals surface area (Å²) in [6, 6.07) is 12.0. The molecule has 0 heterocycles. The number of rotatable bonds is 2. The Morgan fingerprint density at radius 2 is 2.00 bits per heavy atom. The molecule has 86 valence electrons. The molecule has 2 nitrogen and oxygen atoms in total. The molecule has 2 aromatic rings. The minimum absolute atomic E-state index is 0.0834. The Bertz CT molecular complexity index is 576. The molecule has 0 unspecified atom stereocenters. The molecule has 2 rings (SSSR count). The first kappa shape index (κ1) is 11.5. The lowest BCUT2D eigenvalue weighted by molar-refractivity contribution is 0.305. The van der Waals surface area contributed by atoms with Crippen LogP contribution in [-0.2, 0) is 0 Å². The highest BCUT2D eigenvalue weighted by Crippen LogP contribution is 2.26. The van der Waals surface area contributed by atoms with Gasteiger partial charge in [0.2, 0.25) is 0 Å². The van der Waals surface area contributed by atoms with Crippen molar-refractivity contribution in [3.63, 3.8) is 0 Å². The monoisotopic (exact) mass is 226 g/mol. The summed E-state index contributed by atoms with van der Waals surface area (Å²) in [7, 11) is 1.64. The van der Waals surface area contributed by atoms with Crippen molar-refractivity contribution in [2.24, 2.45) is 0 Å². The zero-order chi connectivity index (χ0) is 12.1. The quantitative estimate of drug-likeness (QED) is 0.797. The molecule has 2 aromatic carbocycles. The summed E-state index contributed by atoms with van der Waals surface area (Å²) in [6.45, 7) is 0.0834. The lowest BCUT2D eigenvalue weighted by atomic mass is 10.0. The molecule has 0 bridgehead atoms. The number of aliphatic hydroxyl groups is 1. The van der Waals surface area contributed by atoms with Crippen molar-refractivity contribution >= 4 is 10.8 Å². The average molecular weight is 226 g/mol. The van der Waals surface area contributed by atoms with E-state index in [1.54, 1.807) is 7.11 Å². The van der Waals surface area contributed by atoms with E-state index in [0.29, 0.717) is 6.42 Å². The van der Waals surface area contributed by atoms with Gasteiger partial charge in [0.25, 0.3) is 0 Å². The van der Waals surface area contributed by atoms with Gasteiger partial charge in [0, 0.05) is 11.8 Å². The molecule has 0 atom stereocenters. The molecule has 0 saturated carbocycles. The predicted octanol–water partition coefficient (Wildman–Crippen LogP) is 2.58. The van der Waals surface area contributed by atoms with Gasteiger partial charge in [-0.1, -0.05) is 42.2 Å². The third-order valence-electron chi connectivity index (χ3n) is 2.56. The van der Waals surface area contributed by atoms with Crippen LogP contribution in [0.2, 0.25) is 0 Å². The van der Waals surface area contributed by atoms with Gasteiger partial charge in [-0.3, -0.25) is 0 Å². The van der Waals surface area contributed by atoms with Crippen LogP contribution in [0.5, 0.6) is 5.75 Å². The molecule has 1 N–H and O–H groups in total. The SMILES string of the molecule is COc1ccc2ccccc2c1C#CCCO. The predicted molar refractivity (Wildman–Crippen MR) is 69.1 cm³/mol. The summed E-state index contributed by atoms with van der Waals surface area (Å²) < 4.78 is 5.32. The molecule has 2 heteroatoms. The molecule has 0 radical (unpaired) electrons. The highest BCUT2D eigenvalue weighted by Gasteiger charge is 2.04. The second kappa shape index (κ2) is 5.38. The van der Waals surface area contributed by atoms with Crippen molar-refractivity contribution in [2.45, 2.75) is 6.42 Å². The first-order valence-corrected chi connectivity index (χ1v) is 5.52. The van der Waals surface area contributed by atoms with E-state index in [1.165, 1.54) is 0 Å². The maximum Gasteiger partial charge on any atom is 0.135 e. The number of hydrogen-bond donors (Lipinski definition) is 1. The van der Waals surface area contributed by atoms with Crippen LogP contribution in [-0.4, -0.2) is 18.8 Å². The molecule has 0 aliphatic heterocycles. The van der Waals surface area contributed by atoms with Crippen LogP contribution in [0.15, 0.2) is 36.4 Å². The number of hydrogen-bond acceptors (Lipinski definition) is 2. The van der Waals surface area contributed by atoms with Crippen LogP contribution >= 0.6 is 0 Å². The molecule has 0 aromatic heterocycles. The van der Waals surface area contributed by atoms with Gasteiger partial charge in [0.05, 0.1) is 19.3 Å². The molecule has 0 spiro atoms. The summed E-state index contributed by atoms with van der Waals surface area (Å²) in [5.74, 6) is 6.78. The van der Waals surface area contributed by atoms with E-state index < -0.39 is 0 Å². The lowest BCUT2D eigenvalue weighted by Gasteiger charge is -2.06. The van der Waals surface area contributed by atoms with Gasteiger partial charge in [0.15, 0.2) is 0 Å². The molecule has 0 aliphatic carbocycles. The van der Waals surface area contributed by atoms with Crippen LogP contribution in [0.25, 0.3) is 10.8 Å². The molecule has 0 fully saturated rings. The number of aliphatic hydroxyl groups excluding tert-OH is 1. The first-order chi connectivity index (χ1) is 8.36. The molecular formula is C15H14O2. The Balaban J connectivity index is 2.60. The summed E-state index contributed by atoms with van der Waals surface area (Å²) in [5, 5.41) is 11.0. The van der Waals surface area contributed by atoms with Crippen LogP contribution in [0.4, 0.5) is 0 Å². The van der Waals surface area contributed by atoms with Crippen LogP contribution < -0.4 is 4.74 Å². The summed E-state index contributed by atoms with van der Waals surface area (Å²) in [5.41, 5.74) is 0.888. The van der Waals surface area contributed by atoms with Crippen LogP contribution in [0.1, 0.15) is 12.0 Å². The fourth-order valence-corrected chi connectivity index (χ4v) is 1.76. The zero-order valence-corrected chi connectivity index (χ0v) is 9.73. The van der Waals surface area contributed by atoms with E-state index in [4.69, 9.17) is 9.84 Å². The minimum atomic E-state index is 0.0834. The Labute approximate surface area is 101 Å². The van der Waals surface area contributed by atoms with Gasteiger partial charge in [-0.2, -0.15) is 0 Å². The minimum Gasteiger partial charge on any atom is -0.495 e. The smallest absolute Gasteiger partial charge is 0.135 e. The maximum atomic E-state index is 8.75. The van der Waals surface area contributed by atoms with Crippen LogP contribution in [0.3, 0.4) is 0 Å². The Hall–Kier alpha value is -1.98. The van der Waals surface area contributed by atoms with E-state index >= 15 is 0 Å². The Morgan fingerprint density at radius 3 is 2.76 bits per heavy atom. The number of methoxy groups -OCH3 is 1. The Morgan fingerprint density at radius 1 is 1.18 bits per heavy atom. The Kier molecular flexibility index (Phi) is 3.64. The number of ether oxygens (including phenoxy) is 1. The second-order valence-corrected chi connectivity index (χ2v) is 3.64. The van der Waals surface area contributed by atoms with E-state index in [9.17, 15) is 0 Å². The number of fused-ring (bicyclic) bond motifs is 1. The summed E-state index contributed by atoms with van der Waals surface area (Å²) in [4.78, 5) is 0. The van der Waals surface area contributed by atoms with E-state index in [-0.39, 0.29) is 6.61 Å². The molecule has 0 amide bonds. The standard InChI is InChI=1S/C15H14O2/c1-17-15-10-9-12-6-2-3-7-13(12)14(15)8-4-5-11-16/h2-3,6-7,9-10,16H,5,11H2,1H3. The van der Waals surface area contributed by atoms with E-state index in [2.05, 4.69) is 11.8 Å². The number of benzene rings is 2. The largest absolute Gasteiger partial charge is 0.495 e. The highest BCUT2D eigenvalue weighted by atomic mass is 16.5. The van der Waals surface area contributed by atoms with Crippen molar-refractivity contribution in [1.82, 2.24) is 0 Å². The van der Waals surface area contributed by atoms with Gasteiger partial charge >= 0.3 is 0 Å². The fraction of sp³-hybridized carbons (Fsp3) is 0.200. The molecule has 17 heavy (non-hydrogen) atoms. The van der Waals surface area contributed by atoms with E-state index in [0.717, 1.165) is 22.1 Å². The van der Waals surface area contributed by atoms with E-state index in [1.807, 2.05) is 36.4 Å². The van der Waals surface area contributed by atoms with Crippen LogP contribution in [0, 0.1) is 11.8 Å². The van der Waals surface area contributed by atoms with Crippen molar-refractivity contribution < 1.29 is 9.84 Å².